The highest BCUT2D eigenvalue weighted by Gasteiger charge is 2.20. The van der Waals surface area contributed by atoms with Crippen LogP contribution in [0.3, 0.4) is 0 Å². The first kappa shape index (κ1) is 17.2. The second-order valence-electron chi connectivity index (χ2n) is 6.75. The number of piperazine rings is 1. The lowest BCUT2D eigenvalue weighted by Gasteiger charge is -2.32. The van der Waals surface area contributed by atoms with Gasteiger partial charge in [0.15, 0.2) is 0 Å². The SMILES string of the molecule is CN1CCN(C(=O)c2ccc(-n3c(=O)c(=O)[nH]c4ccccc43)cc2)CC1. The van der Waals surface area contributed by atoms with Crippen molar-refractivity contribution in [3.63, 3.8) is 0 Å². The van der Waals surface area contributed by atoms with Gasteiger partial charge in [-0.2, -0.15) is 0 Å². The van der Waals surface area contributed by atoms with Crippen LogP contribution in [0.15, 0.2) is 58.1 Å². The van der Waals surface area contributed by atoms with E-state index in [4.69, 9.17) is 0 Å². The largest absolute Gasteiger partial charge is 0.336 e. The van der Waals surface area contributed by atoms with E-state index in [0.29, 0.717) is 35.4 Å². The van der Waals surface area contributed by atoms with Crippen molar-refractivity contribution in [2.45, 2.75) is 0 Å². The van der Waals surface area contributed by atoms with Crippen LogP contribution in [0.4, 0.5) is 0 Å². The van der Waals surface area contributed by atoms with E-state index in [9.17, 15) is 14.4 Å². The van der Waals surface area contributed by atoms with Gasteiger partial charge in [-0.05, 0) is 43.4 Å². The molecule has 2 heterocycles. The summed E-state index contributed by atoms with van der Waals surface area (Å²) < 4.78 is 1.37. The van der Waals surface area contributed by atoms with Gasteiger partial charge >= 0.3 is 11.1 Å². The number of nitrogens with one attached hydrogen (secondary N) is 1. The molecule has 0 radical (unpaired) electrons. The van der Waals surface area contributed by atoms with Crippen molar-refractivity contribution < 1.29 is 4.79 Å². The van der Waals surface area contributed by atoms with Crippen LogP contribution in [0.25, 0.3) is 16.7 Å². The van der Waals surface area contributed by atoms with E-state index in [-0.39, 0.29) is 5.91 Å². The van der Waals surface area contributed by atoms with Gasteiger partial charge in [0.2, 0.25) is 0 Å². The van der Waals surface area contributed by atoms with Crippen LogP contribution in [-0.4, -0.2) is 58.5 Å². The summed E-state index contributed by atoms with van der Waals surface area (Å²) in [6, 6.07) is 13.9. The van der Waals surface area contributed by atoms with Crippen molar-refractivity contribution in [3.8, 4) is 5.69 Å². The van der Waals surface area contributed by atoms with Gasteiger partial charge < -0.3 is 14.8 Å². The highest BCUT2D eigenvalue weighted by atomic mass is 16.2. The van der Waals surface area contributed by atoms with Crippen LogP contribution in [0.1, 0.15) is 10.4 Å². The molecule has 1 saturated heterocycles. The summed E-state index contributed by atoms with van der Waals surface area (Å²) in [5.41, 5.74) is 1.00. The number of para-hydroxylation sites is 2. The minimum atomic E-state index is -0.675. The van der Waals surface area contributed by atoms with Crippen LogP contribution in [0, 0.1) is 0 Å². The maximum absolute atomic E-state index is 12.7. The van der Waals surface area contributed by atoms with Crippen LogP contribution in [0.5, 0.6) is 0 Å². The average Bonchev–Trinajstić information content (AvgIpc) is 2.69. The first-order valence-corrected chi connectivity index (χ1v) is 8.87. The number of likely N-dealkylation sites (N-methyl/N-ethyl adjacent to an activating group) is 1. The van der Waals surface area contributed by atoms with E-state index >= 15 is 0 Å². The quantitative estimate of drug-likeness (QED) is 0.690. The Morgan fingerprint density at radius 3 is 2.30 bits per heavy atom. The molecule has 2 aromatic carbocycles. The number of carbonyl (C=O) groups is 1. The standard InChI is InChI=1S/C20H20N4O3/c1-22-10-12-23(13-11-22)19(26)14-6-8-15(9-7-14)24-17-5-3-2-4-16(17)21-18(25)20(24)27/h2-9H,10-13H2,1H3,(H,21,25). The molecule has 1 aliphatic heterocycles. The van der Waals surface area contributed by atoms with Crippen LogP contribution in [-0.2, 0) is 0 Å². The molecule has 0 atom stereocenters. The normalized spacial score (nSPS) is 15.2. The molecule has 1 amide bonds. The van der Waals surface area contributed by atoms with Gasteiger partial charge in [0.1, 0.15) is 0 Å². The van der Waals surface area contributed by atoms with E-state index in [0.717, 1.165) is 13.1 Å². The Labute approximate surface area is 155 Å². The number of carbonyl (C=O) groups excluding carboxylic acids is 1. The third-order valence-corrected chi connectivity index (χ3v) is 4.95. The summed E-state index contributed by atoms with van der Waals surface area (Å²) in [4.78, 5) is 43.7. The Morgan fingerprint density at radius 2 is 1.59 bits per heavy atom. The lowest BCUT2D eigenvalue weighted by molar-refractivity contribution is 0.0664. The summed E-state index contributed by atoms with van der Waals surface area (Å²) in [6.45, 7) is 3.13. The number of amides is 1. The average molecular weight is 364 g/mol. The van der Waals surface area contributed by atoms with Gasteiger partial charge in [0.05, 0.1) is 11.0 Å². The number of aromatic amines is 1. The number of fused-ring (bicyclic) bond motifs is 1. The Morgan fingerprint density at radius 1 is 0.926 bits per heavy atom. The summed E-state index contributed by atoms with van der Waals surface area (Å²) in [7, 11) is 2.04. The first-order valence-electron chi connectivity index (χ1n) is 8.87. The van der Waals surface area contributed by atoms with Gasteiger partial charge in [0, 0.05) is 37.4 Å². The van der Waals surface area contributed by atoms with Crippen molar-refractivity contribution in [1.82, 2.24) is 19.4 Å². The molecule has 0 spiro atoms. The molecule has 1 N–H and O–H groups in total. The minimum absolute atomic E-state index is 0.0160. The molecule has 4 rings (SSSR count). The molecular weight excluding hydrogens is 344 g/mol. The van der Waals surface area contributed by atoms with E-state index in [1.54, 1.807) is 42.5 Å². The lowest BCUT2D eigenvalue weighted by Crippen LogP contribution is -2.47. The minimum Gasteiger partial charge on any atom is -0.336 e. The monoisotopic (exact) mass is 364 g/mol. The van der Waals surface area contributed by atoms with Crippen molar-refractivity contribution in [2.75, 3.05) is 33.2 Å². The second kappa shape index (κ2) is 6.85. The number of benzene rings is 2. The van der Waals surface area contributed by atoms with E-state index in [2.05, 4.69) is 9.88 Å². The number of rotatable bonds is 2. The Kier molecular flexibility index (Phi) is 4.37. The topological polar surface area (TPSA) is 78.4 Å². The molecule has 7 heteroatoms. The maximum atomic E-state index is 12.7. The number of hydrogen-bond donors (Lipinski definition) is 1. The Balaban J connectivity index is 1.70. The van der Waals surface area contributed by atoms with Crippen LogP contribution in [0.2, 0.25) is 0 Å². The van der Waals surface area contributed by atoms with Gasteiger partial charge in [-0.25, -0.2) is 0 Å². The molecular formula is C20H20N4O3. The fourth-order valence-electron chi connectivity index (χ4n) is 3.36. The molecule has 138 valence electrons. The third-order valence-electron chi connectivity index (χ3n) is 4.95. The fraction of sp³-hybridized carbons (Fsp3) is 0.250. The number of nitrogens with zero attached hydrogens (tertiary/aromatic N) is 3. The van der Waals surface area contributed by atoms with Crippen molar-refractivity contribution in [1.29, 1.82) is 0 Å². The fourth-order valence-corrected chi connectivity index (χ4v) is 3.36. The van der Waals surface area contributed by atoms with Crippen molar-refractivity contribution in [2.24, 2.45) is 0 Å². The van der Waals surface area contributed by atoms with Gasteiger partial charge in [-0.3, -0.25) is 19.0 Å². The Bertz CT molecular complexity index is 1110. The highest BCUT2D eigenvalue weighted by Crippen LogP contribution is 2.16. The van der Waals surface area contributed by atoms with Crippen LogP contribution < -0.4 is 11.1 Å². The molecule has 7 nitrogen and oxygen atoms in total. The molecule has 0 unspecified atom stereocenters. The number of hydrogen-bond acceptors (Lipinski definition) is 4. The van der Waals surface area contributed by atoms with E-state index in [1.165, 1.54) is 4.57 Å². The summed E-state index contributed by atoms with van der Waals surface area (Å²) in [5.74, 6) is -0.0160. The van der Waals surface area contributed by atoms with Gasteiger partial charge in [-0.15, -0.1) is 0 Å². The number of H-pyrrole nitrogens is 1. The van der Waals surface area contributed by atoms with Crippen molar-refractivity contribution in [3.05, 3.63) is 74.8 Å². The predicted molar refractivity (Wildman–Crippen MR) is 104 cm³/mol. The number of aromatic nitrogens is 2. The van der Waals surface area contributed by atoms with Gasteiger partial charge in [-0.1, -0.05) is 12.1 Å². The molecule has 1 fully saturated rings. The molecule has 27 heavy (non-hydrogen) atoms. The highest BCUT2D eigenvalue weighted by molar-refractivity contribution is 5.94. The zero-order valence-corrected chi connectivity index (χ0v) is 15.0. The maximum Gasteiger partial charge on any atom is 0.321 e. The molecule has 1 aromatic heterocycles. The first-order chi connectivity index (χ1) is 13.0. The summed E-state index contributed by atoms with van der Waals surface area (Å²) >= 11 is 0. The second-order valence-corrected chi connectivity index (χ2v) is 6.75. The predicted octanol–water partition coefficient (Wildman–Crippen LogP) is 1.07. The Hall–Kier alpha value is -3.19. The van der Waals surface area contributed by atoms with Crippen LogP contribution >= 0.6 is 0 Å². The van der Waals surface area contributed by atoms with E-state index in [1.807, 2.05) is 18.0 Å². The molecule has 3 aromatic rings. The molecule has 0 bridgehead atoms. The third kappa shape index (κ3) is 3.17. The molecule has 0 saturated carbocycles. The summed E-state index contributed by atoms with van der Waals surface area (Å²) in [5, 5.41) is 0. The van der Waals surface area contributed by atoms with Crippen molar-refractivity contribution >= 4 is 16.9 Å². The smallest absolute Gasteiger partial charge is 0.321 e. The molecule has 0 aliphatic carbocycles. The summed E-state index contributed by atoms with van der Waals surface area (Å²) in [6.07, 6.45) is 0. The molecule has 1 aliphatic rings. The van der Waals surface area contributed by atoms with E-state index < -0.39 is 11.1 Å². The lowest BCUT2D eigenvalue weighted by atomic mass is 10.1. The van der Waals surface area contributed by atoms with Gasteiger partial charge in [0.25, 0.3) is 5.91 Å². The zero-order valence-electron chi connectivity index (χ0n) is 15.0. The zero-order chi connectivity index (χ0) is 19.0.